The van der Waals surface area contributed by atoms with Crippen LogP contribution >= 0.6 is 23.2 Å². The smallest absolute Gasteiger partial charge is 0.161 e. The van der Waals surface area contributed by atoms with Crippen molar-refractivity contribution in [1.29, 1.82) is 0 Å². The van der Waals surface area contributed by atoms with Crippen LogP contribution in [0.25, 0.3) is 11.4 Å². The zero-order chi connectivity index (χ0) is 12.4. The first kappa shape index (κ1) is 12.3. The van der Waals surface area contributed by atoms with Crippen molar-refractivity contribution in [3.63, 3.8) is 0 Å². The van der Waals surface area contributed by atoms with Crippen molar-refractivity contribution < 1.29 is 0 Å². The molecule has 0 amide bonds. The molecule has 5 heteroatoms. The SMILES string of the molecule is Cc1cc(CN)nc(-c2ccc(Cl)cc2Cl)n1. The van der Waals surface area contributed by atoms with E-state index < -0.39 is 0 Å². The van der Waals surface area contributed by atoms with Gasteiger partial charge in [0, 0.05) is 22.8 Å². The monoisotopic (exact) mass is 267 g/mol. The van der Waals surface area contributed by atoms with Gasteiger partial charge >= 0.3 is 0 Å². The molecule has 17 heavy (non-hydrogen) atoms. The second-order valence-electron chi connectivity index (χ2n) is 3.65. The van der Waals surface area contributed by atoms with Crippen LogP contribution in [0.5, 0.6) is 0 Å². The molecule has 2 aromatic rings. The summed E-state index contributed by atoms with van der Waals surface area (Å²) in [6, 6.07) is 7.09. The van der Waals surface area contributed by atoms with Gasteiger partial charge < -0.3 is 5.73 Å². The molecule has 0 aliphatic rings. The van der Waals surface area contributed by atoms with E-state index in [9.17, 15) is 0 Å². The van der Waals surface area contributed by atoms with Gasteiger partial charge in [0.2, 0.25) is 0 Å². The van der Waals surface area contributed by atoms with E-state index in [2.05, 4.69) is 9.97 Å². The van der Waals surface area contributed by atoms with Gasteiger partial charge in [0.25, 0.3) is 0 Å². The molecule has 0 radical (unpaired) electrons. The van der Waals surface area contributed by atoms with Gasteiger partial charge in [-0.3, -0.25) is 0 Å². The van der Waals surface area contributed by atoms with E-state index in [-0.39, 0.29) is 0 Å². The number of nitrogens with two attached hydrogens (primary N) is 1. The number of aromatic nitrogens is 2. The first-order valence-electron chi connectivity index (χ1n) is 5.10. The average Bonchev–Trinajstić information content (AvgIpc) is 2.28. The Bertz CT molecular complexity index is 555. The van der Waals surface area contributed by atoms with Crippen LogP contribution in [0, 0.1) is 6.92 Å². The van der Waals surface area contributed by atoms with Crippen LogP contribution in [0.1, 0.15) is 11.4 Å². The van der Waals surface area contributed by atoms with Crippen molar-refractivity contribution in [3.05, 3.63) is 45.7 Å². The van der Waals surface area contributed by atoms with Crippen molar-refractivity contribution in [2.45, 2.75) is 13.5 Å². The van der Waals surface area contributed by atoms with Crippen LogP contribution in [0.4, 0.5) is 0 Å². The molecule has 0 spiro atoms. The molecule has 88 valence electrons. The molecule has 0 unspecified atom stereocenters. The molecule has 0 fully saturated rings. The van der Waals surface area contributed by atoms with Gasteiger partial charge in [0.1, 0.15) is 0 Å². The normalized spacial score (nSPS) is 10.6. The molecular formula is C12H11Cl2N3. The summed E-state index contributed by atoms with van der Waals surface area (Å²) in [7, 11) is 0. The van der Waals surface area contributed by atoms with Crippen molar-refractivity contribution in [2.24, 2.45) is 5.73 Å². The fourth-order valence-corrected chi connectivity index (χ4v) is 2.02. The number of nitrogens with zero attached hydrogens (tertiary/aromatic N) is 2. The Morgan fingerprint density at radius 1 is 1.18 bits per heavy atom. The van der Waals surface area contributed by atoms with Crippen LogP contribution < -0.4 is 5.73 Å². The molecule has 1 aromatic carbocycles. The molecule has 0 saturated heterocycles. The second-order valence-corrected chi connectivity index (χ2v) is 4.50. The van der Waals surface area contributed by atoms with Crippen LogP contribution in [0.2, 0.25) is 10.0 Å². The number of benzene rings is 1. The largest absolute Gasteiger partial charge is 0.325 e. The van der Waals surface area contributed by atoms with Gasteiger partial charge in [-0.25, -0.2) is 9.97 Å². The Balaban J connectivity index is 2.55. The fraction of sp³-hybridized carbons (Fsp3) is 0.167. The number of halogens is 2. The molecule has 1 heterocycles. The Kier molecular flexibility index (Phi) is 3.62. The highest BCUT2D eigenvalue weighted by molar-refractivity contribution is 6.36. The number of hydrogen-bond donors (Lipinski definition) is 1. The molecule has 2 rings (SSSR count). The second kappa shape index (κ2) is 5.00. The van der Waals surface area contributed by atoms with Crippen molar-refractivity contribution in [1.82, 2.24) is 9.97 Å². The van der Waals surface area contributed by atoms with Gasteiger partial charge in [0.05, 0.1) is 10.7 Å². The molecule has 0 aliphatic carbocycles. The highest BCUT2D eigenvalue weighted by Crippen LogP contribution is 2.28. The molecular weight excluding hydrogens is 257 g/mol. The quantitative estimate of drug-likeness (QED) is 0.909. The van der Waals surface area contributed by atoms with Crippen molar-refractivity contribution in [2.75, 3.05) is 0 Å². The Labute approximate surface area is 110 Å². The Hall–Kier alpha value is -1.16. The van der Waals surface area contributed by atoms with E-state index in [0.717, 1.165) is 17.0 Å². The van der Waals surface area contributed by atoms with E-state index in [4.69, 9.17) is 28.9 Å². The summed E-state index contributed by atoms with van der Waals surface area (Å²) in [5.41, 5.74) is 7.99. The van der Waals surface area contributed by atoms with E-state index in [1.165, 1.54) is 0 Å². The summed E-state index contributed by atoms with van der Waals surface area (Å²) in [6.07, 6.45) is 0. The molecule has 0 aliphatic heterocycles. The van der Waals surface area contributed by atoms with Gasteiger partial charge in [-0.1, -0.05) is 23.2 Å². The fourth-order valence-electron chi connectivity index (χ4n) is 1.53. The van der Waals surface area contributed by atoms with Crippen LogP contribution in [0.3, 0.4) is 0 Å². The maximum absolute atomic E-state index is 6.12. The Morgan fingerprint density at radius 3 is 2.59 bits per heavy atom. The zero-order valence-corrected chi connectivity index (χ0v) is 10.8. The standard InChI is InChI=1S/C12H11Cl2N3/c1-7-4-9(6-15)17-12(16-7)10-3-2-8(13)5-11(10)14/h2-5H,6,15H2,1H3. The molecule has 3 nitrogen and oxygen atoms in total. The molecule has 1 aromatic heterocycles. The van der Waals surface area contributed by atoms with E-state index >= 15 is 0 Å². The van der Waals surface area contributed by atoms with Crippen molar-refractivity contribution in [3.8, 4) is 11.4 Å². The average molecular weight is 268 g/mol. The minimum Gasteiger partial charge on any atom is -0.325 e. The van der Waals surface area contributed by atoms with E-state index in [1.54, 1.807) is 18.2 Å². The first-order valence-corrected chi connectivity index (χ1v) is 5.86. The van der Waals surface area contributed by atoms with Crippen LogP contribution in [-0.2, 0) is 6.54 Å². The lowest BCUT2D eigenvalue weighted by molar-refractivity contribution is 0.953. The third-order valence-electron chi connectivity index (χ3n) is 2.29. The predicted octanol–water partition coefficient (Wildman–Crippen LogP) is 3.22. The summed E-state index contributed by atoms with van der Waals surface area (Å²) in [6.45, 7) is 2.27. The summed E-state index contributed by atoms with van der Waals surface area (Å²) >= 11 is 12.0. The highest BCUT2D eigenvalue weighted by atomic mass is 35.5. The maximum atomic E-state index is 6.12. The first-order chi connectivity index (χ1) is 8.10. The van der Waals surface area contributed by atoms with Gasteiger partial charge in [-0.15, -0.1) is 0 Å². The number of hydrogen-bond acceptors (Lipinski definition) is 3. The summed E-state index contributed by atoms with van der Waals surface area (Å²) in [5.74, 6) is 0.576. The van der Waals surface area contributed by atoms with E-state index in [0.29, 0.717) is 22.4 Å². The third-order valence-corrected chi connectivity index (χ3v) is 2.84. The summed E-state index contributed by atoms with van der Waals surface area (Å²) in [5, 5.41) is 1.12. The minimum absolute atomic E-state index is 0.377. The molecule has 0 saturated carbocycles. The summed E-state index contributed by atoms with van der Waals surface area (Å²) < 4.78 is 0. The highest BCUT2D eigenvalue weighted by Gasteiger charge is 2.08. The van der Waals surface area contributed by atoms with Gasteiger partial charge in [0.15, 0.2) is 5.82 Å². The molecule has 2 N–H and O–H groups in total. The lowest BCUT2D eigenvalue weighted by Crippen LogP contribution is -2.03. The van der Waals surface area contributed by atoms with Crippen LogP contribution in [0.15, 0.2) is 24.3 Å². The third kappa shape index (κ3) is 2.75. The van der Waals surface area contributed by atoms with E-state index in [1.807, 2.05) is 13.0 Å². The van der Waals surface area contributed by atoms with Crippen molar-refractivity contribution >= 4 is 23.2 Å². The lowest BCUT2D eigenvalue weighted by Gasteiger charge is -2.06. The number of aryl methyl sites for hydroxylation is 1. The Morgan fingerprint density at radius 2 is 1.94 bits per heavy atom. The maximum Gasteiger partial charge on any atom is 0.161 e. The predicted molar refractivity (Wildman–Crippen MR) is 70.1 cm³/mol. The zero-order valence-electron chi connectivity index (χ0n) is 9.24. The molecule has 0 bridgehead atoms. The van der Waals surface area contributed by atoms with Gasteiger partial charge in [-0.05, 0) is 31.2 Å². The van der Waals surface area contributed by atoms with Crippen LogP contribution in [-0.4, -0.2) is 9.97 Å². The summed E-state index contributed by atoms with van der Waals surface area (Å²) in [4.78, 5) is 8.70. The molecule has 0 atom stereocenters. The lowest BCUT2D eigenvalue weighted by atomic mass is 10.2. The minimum atomic E-state index is 0.377. The number of rotatable bonds is 2. The topological polar surface area (TPSA) is 51.8 Å². The van der Waals surface area contributed by atoms with Gasteiger partial charge in [-0.2, -0.15) is 0 Å².